The molecule has 2 rings (SSSR count). The number of benzene rings is 1. The molecule has 1 saturated carbocycles. The highest BCUT2D eigenvalue weighted by atomic mass is 35.5. The third-order valence-electron chi connectivity index (χ3n) is 2.22. The van der Waals surface area contributed by atoms with Crippen LogP contribution in [0.3, 0.4) is 0 Å². The molecule has 0 atom stereocenters. The molecule has 13 heavy (non-hydrogen) atoms. The lowest BCUT2D eigenvalue weighted by molar-refractivity contribution is 0.150. The van der Waals surface area contributed by atoms with E-state index in [4.69, 9.17) is 11.6 Å². The Bertz CT molecular complexity index is 361. The van der Waals surface area contributed by atoms with E-state index in [1.165, 1.54) is 0 Å². The average Bonchev–Trinajstić information content (AvgIpc) is 2.77. The second-order valence-electron chi connectivity index (χ2n) is 3.28. The molecule has 0 heterocycles. The Balaban J connectivity index is 2.56. The quantitative estimate of drug-likeness (QED) is 0.698. The van der Waals surface area contributed by atoms with Crippen LogP contribution in [0.1, 0.15) is 18.4 Å². The Kier molecular flexibility index (Phi) is 1.82. The van der Waals surface area contributed by atoms with Crippen LogP contribution in [0, 0.1) is 11.6 Å². The maximum absolute atomic E-state index is 12.9. The van der Waals surface area contributed by atoms with Gasteiger partial charge >= 0.3 is 0 Å². The Hall–Kier alpha value is -0.670. The van der Waals surface area contributed by atoms with Gasteiger partial charge in [0.1, 0.15) is 11.6 Å². The molecular formula is C9H7ClF2O. The summed E-state index contributed by atoms with van der Waals surface area (Å²) in [5.41, 5.74) is -0.938. The first-order valence-electron chi connectivity index (χ1n) is 3.90. The Morgan fingerprint density at radius 1 is 1.31 bits per heavy atom. The lowest BCUT2D eigenvalue weighted by Gasteiger charge is -2.10. The van der Waals surface area contributed by atoms with Crippen molar-refractivity contribution in [2.24, 2.45) is 0 Å². The average molecular weight is 205 g/mol. The van der Waals surface area contributed by atoms with Crippen LogP contribution in [0.15, 0.2) is 12.1 Å². The summed E-state index contributed by atoms with van der Waals surface area (Å²) in [6.45, 7) is 0. The molecule has 1 aliphatic carbocycles. The normalized spacial score (nSPS) is 18.8. The van der Waals surface area contributed by atoms with Crippen molar-refractivity contribution in [3.63, 3.8) is 0 Å². The minimum absolute atomic E-state index is 0.159. The molecule has 0 saturated heterocycles. The lowest BCUT2D eigenvalue weighted by atomic mass is 10.1. The molecule has 1 fully saturated rings. The van der Waals surface area contributed by atoms with E-state index in [-0.39, 0.29) is 10.6 Å². The van der Waals surface area contributed by atoms with Crippen LogP contribution in [0.2, 0.25) is 5.02 Å². The third-order valence-corrected chi connectivity index (χ3v) is 2.60. The van der Waals surface area contributed by atoms with Gasteiger partial charge in [-0.15, -0.1) is 0 Å². The van der Waals surface area contributed by atoms with E-state index < -0.39 is 17.2 Å². The Morgan fingerprint density at radius 3 is 2.46 bits per heavy atom. The fourth-order valence-corrected chi connectivity index (χ4v) is 1.57. The number of aliphatic hydroxyl groups is 1. The van der Waals surface area contributed by atoms with E-state index in [9.17, 15) is 13.9 Å². The van der Waals surface area contributed by atoms with Crippen molar-refractivity contribution < 1.29 is 13.9 Å². The topological polar surface area (TPSA) is 20.2 Å². The van der Waals surface area contributed by atoms with Gasteiger partial charge in [-0.05, 0) is 18.9 Å². The highest BCUT2D eigenvalue weighted by Crippen LogP contribution is 2.48. The van der Waals surface area contributed by atoms with E-state index >= 15 is 0 Å². The molecule has 1 aromatic carbocycles. The second-order valence-corrected chi connectivity index (χ2v) is 3.66. The van der Waals surface area contributed by atoms with Gasteiger partial charge < -0.3 is 5.11 Å². The van der Waals surface area contributed by atoms with Gasteiger partial charge in [0.15, 0.2) is 0 Å². The van der Waals surface area contributed by atoms with Crippen molar-refractivity contribution in [3.05, 3.63) is 34.4 Å². The second kappa shape index (κ2) is 2.66. The van der Waals surface area contributed by atoms with Crippen LogP contribution in [0.5, 0.6) is 0 Å². The summed E-state index contributed by atoms with van der Waals surface area (Å²) in [4.78, 5) is 0. The predicted octanol–water partition coefficient (Wildman–Crippen LogP) is 2.60. The van der Waals surface area contributed by atoms with E-state index in [1.807, 2.05) is 0 Å². The summed E-state index contributed by atoms with van der Waals surface area (Å²) in [6.07, 6.45) is 1.02. The highest BCUT2D eigenvalue weighted by Gasteiger charge is 2.44. The van der Waals surface area contributed by atoms with E-state index in [0.717, 1.165) is 6.07 Å². The van der Waals surface area contributed by atoms with Crippen LogP contribution in [0.4, 0.5) is 8.78 Å². The minimum Gasteiger partial charge on any atom is -0.385 e. The largest absolute Gasteiger partial charge is 0.385 e. The molecule has 4 heteroatoms. The van der Waals surface area contributed by atoms with E-state index in [2.05, 4.69) is 0 Å². The molecule has 0 aliphatic heterocycles. The molecular weight excluding hydrogens is 198 g/mol. The van der Waals surface area contributed by atoms with Gasteiger partial charge in [-0.2, -0.15) is 0 Å². The first-order valence-corrected chi connectivity index (χ1v) is 4.28. The zero-order chi connectivity index (χ0) is 9.64. The van der Waals surface area contributed by atoms with Crippen molar-refractivity contribution in [2.75, 3.05) is 0 Å². The zero-order valence-electron chi connectivity index (χ0n) is 6.65. The summed E-state index contributed by atoms with van der Waals surface area (Å²) in [6, 6.07) is 1.79. The summed E-state index contributed by atoms with van der Waals surface area (Å²) in [5, 5.41) is 9.43. The van der Waals surface area contributed by atoms with Crippen LogP contribution in [0.25, 0.3) is 0 Å². The molecule has 1 aliphatic rings. The SMILES string of the molecule is OC1(c2cc(F)cc(F)c2Cl)CC1. The van der Waals surface area contributed by atoms with Crippen molar-refractivity contribution in [1.29, 1.82) is 0 Å². The van der Waals surface area contributed by atoms with E-state index in [0.29, 0.717) is 18.9 Å². The number of rotatable bonds is 1. The van der Waals surface area contributed by atoms with Gasteiger partial charge in [-0.1, -0.05) is 11.6 Å². The summed E-state index contributed by atoms with van der Waals surface area (Å²) in [7, 11) is 0. The molecule has 70 valence electrons. The zero-order valence-corrected chi connectivity index (χ0v) is 7.41. The van der Waals surface area contributed by atoms with Crippen LogP contribution < -0.4 is 0 Å². The molecule has 0 amide bonds. The predicted molar refractivity (Wildman–Crippen MR) is 44.5 cm³/mol. The van der Waals surface area contributed by atoms with Gasteiger partial charge in [0, 0.05) is 11.6 Å². The highest BCUT2D eigenvalue weighted by molar-refractivity contribution is 6.31. The smallest absolute Gasteiger partial charge is 0.145 e. The van der Waals surface area contributed by atoms with Crippen molar-refractivity contribution in [1.82, 2.24) is 0 Å². The fourth-order valence-electron chi connectivity index (χ4n) is 1.28. The molecule has 0 bridgehead atoms. The van der Waals surface area contributed by atoms with E-state index in [1.54, 1.807) is 0 Å². The van der Waals surface area contributed by atoms with Gasteiger partial charge in [0.2, 0.25) is 0 Å². The minimum atomic E-state index is -1.10. The molecule has 0 unspecified atom stereocenters. The van der Waals surface area contributed by atoms with Gasteiger partial charge in [0.05, 0.1) is 10.6 Å². The molecule has 1 aromatic rings. The molecule has 0 aromatic heterocycles. The number of hydrogen-bond donors (Lipinski definition) is 1. The van der Waals surface area contributed by atoms with Gasteiger partial charge in [-0.25, -0.2) is 8.78 Å². The first kappa shape index (κ1) is 8.91. The van der Waals surface area contributed by atoms with Crippen molar-refractivity contribution in [3.8, 4) is 0 Å². The van der Waals surface area contributed by atoms with Gasteiger partial charge in [0.25, 0.3) is 0 Å². The molecule has 0 spiro atoms. The maximum atomic E-state index is 12.9. The monoisotopic (exact) mass is 204 g/mol. The van der Waals surface area contributed by atoms with Crippen LogP contribution in [-0.4, -0.2) is 5.11 Å². The maximum Gasteiger partial charge on any atom is 0.145 e. The summed E-state index contributed by atoms with van der Waals surface area (Å²) in [5.74, 6) is -1.53. The van der Waals surface area contributed by atoms with Crippen molar-refractivity contribution in [2.45, 2.75) is 18.4 Å². The summed E-state index contributed by atoms with van der Waals surface area (Å²) < 4.78 is 25.7. The standard InChI is InChI=1S/C9H7ClF2O/c10-8-6(9(13)1-2-9)3-5(11)4-7(8)12/h3-4,13H,1-2H2. The molecule has 1 N–H and O–H groups in total. The Labute approximate surface area is 78.9 Å². The van der Waals surface area contributed by atoms with Gasteiger partial charge in [-0.3, -0.25) is 0 Å². The Morgan fingerprint density at radius 2 is 1.92 bits per heavy atom. The number of halogens is 3. The fraction of sp³-hybridized carbons (Fsp3) is 0.333. The first-order chi connectivity index (χ1) is 6.03. The molecule has 0 radical (unpaired) electrons. The number of hydrogen-bond acceptors (Lipinski definition) is 1. The summed E-state index contributed by atoms with van der Waals surface area (Å²) >= 11 is 5.59. The lowest BCUT2D eigenvalue weighted by Crippen LogP contribution is -2.06. The van der Waals surface area contributed by atoms with Crippen molar-refractivity contribution >= 4 is 11.6 Å². The molecule has 1 nitrogen and oxygen atoms in total. The third kappa shape index (κ3) is 1.42. The van der Waals surface area contributed by atoms with Crippen LogP contribution >= 0.6 is 11.6 Å². The van der Waals surface area contributed by atoms with Crippen LogP contribution in [-0.2, 0) is 5.60 Å².